The number of H-pyrrole nitrogens is 1. The Bertz CT molecular complexity index is 824. The van der Waals surface area contributed by atoms with E-state index in [1.54, 1.807) is 36.5 Å². The molecule has 112 valence electrons. The summed E-state index contributed by atoms with van der Waals surface area (Å²) < 4.78 is 0. The van der Waals surface area contributed by atoms with Gasteiger partial charge in [0, 0.05) is 36.1 Å². The van der Waals surface area contributed by atoms with Crippen LogP contribution in [0, 0.1) is 0 Å². The van der Waals surface area contributed by atoms with E-state index >= 15 is 0 Å². The maximum atomic E-state index is 12.3. The largest absolute Gasteiger partial charge is 0.346 e. The number of carbonyl (C=O) groups is 1. The summed E-state index contributed by atoms with van der Waals surface area (Å²) in [6.07, 6.45) is 6.89. The number of hydrogen-bond donors (Lipinski definition) is 1. The molecule has 1 N–H and O–H groups in total. The number of aromatic amines is 1. The van der Waals surface area contributed by atoms with Crippen LogP contribution in [0.1, 0.15) is 5.56 Å². The van der Waals surface area contributed by atoms with Gasteiger partial charge in [0.25, 0.3) is 5.91 Å². The molecular formula is C15H13ClN4OS. The van der Waals surface area contributed by atoms with E-state index in [-0.39, 0.29) is 5.91 Å². The molecule has 3 heterocycles. The van der Waals surface area contributed by atoms with Crippen LogP contribution >= 0.6 is 23.4 Å². The molecule has 0 bridgehead atoms. The fraction of sp³-hybridized carbons (Fsp3) is 0.133. The molecule has 7 heteroatoms. The Morgan fingerprint density at radius 1 is 1.55 bits per heavy atom. The number of rotatable bonds is 3. The van der Waals surface area contributed by atoms with Crippen LogP contribution in [0.15, 0.2) is 41.8 Å². The summed E-state index contributed by atoms with van der Waals surface area (Å²) in [5.74, 6) is 0.576. The van der Waals surface area contributed by atoms with Crippen molar-refractivity contribution >= 4 is 51.5 Å². The number of fused-ring (bicyclic) bond motifs is 1. The molecule has 1 aliphatic heterocycles. The third-order valence-corrected chi connectivity index (χ3v) is 4.41. The molecule has 22 heavy (non-hydrogen) atoms. The molecule has 0 aliphatic carbocycles. The molecule has 0 saturated carbocycles. The summed E-state index contributed by atoms with van der Waals surface area (Å²) >= 11 is 7.46. The first kappa shape index (κ1) is 14.9. The average Bonchev–Trinajstić information content (AvgIpc) is 3.02. The lowest BCUT2D eigenvalue weighted by Gasteiger charge is -2.09. The second-order valence-electron chi connectivity index (χ2n) is 4.68. The van der Waals surface area contributed by atoms with E-state index in [9.17, 15) is 4.79 Å². The van der Waals surface area contributed by atoms with Gasteiger partial charge in [-0.05, 0) is 12.1 Å². The third-order valence-electron chi connectivity index (χ3n) is 3.18. The predicted molar refractivity (Wildman–Crippen MR) is 91.9 cm³/mol. The van der Waals surface area contributed by atoms with E-state index in [2.05, 4.69) is 21.5 Å². The van der Waals surface area contributed by atoms with Crippen molar-refractivity contribution in [1.82, 2.24) is 14.9 Å². The van der Waals surface area contributed by atoms with Crippen LogP contribution in [0.4, 0.5) is 0 Å². The minimum Gasteiger partial charge on any atom is -0.346 e. The fourth-order valence-electron chi connectivity index (χ4n) is 2.11. The summed E-state index contributed by atoms with van der Waals surface area (Å²) in [5.41, 5.74) is 1.95. The van der Waals surface area contributed by atoms with Crippen LogP contribution < -0.4 is 0 Å². The van der Waals surface area contributed by atoms with Gasteiger partial charge in [-0.15, -0.1) is 6.58 Å². The molecule has 0 unspecified atom stereocenters. The number of nitrogens with one attached hydrogen (secondary N) is 1. The van der Waals surface area contributed by atoms with Crippen molar-refractivity contribution in [1.29, 1.82) is 0 Å². The van der Waals surface area contributed by atoms with E-state index in [1.165, 1.54) is 11.8 Å². The van der Waals surface area contributed by atoms with Crippen LogP contribution in [0.25, 0.3) is 17.1 Å². The van der Waals surface area contributed by atoms with E-state index in [0.717, 1.165) is 16.6 Å². The third kappa shape index (κ3) is 2.67. The zero-order valence-corrected chi connectivity index (χ0v) is 13.4. The summed E-state index contributed by atoms with van der Waals surface area (Å²) in [6.45, 7) is 3.67. The molecule has 0 fully saturated rings. The monoisotopic (exact) mass is 332 g/mol. The highest BCUT2D eigenvalue weighted by atomic mass is 35.5. The van der Waals surface area contributed by atoms with Crippen molar-refractivity contribution in [2.75, 3.05) is 12.8 Å². The molecule has 5 nitrogen and oxygen atoms in total. The van der Waals surface area contributed by atoms with Gasteiger partial charge in [0.1, 0.15) is 11.3 Å². The number of nitrogens with zero attached hydrogens (tertiary/aromatic N) is 3. The zero-order chi connectivity index (χ0) is 15.7. The van der Waals surface area contributed by atoms with Crippen LogP contribution in [-0.4, -0.2) is 38.7 Å². The first-order chi connectivity index (χ1) is 10.6. The number of aromatic nitrogens is 2. The highest BCUT2D eigenvalue weighted by Gasteiger charge is 2.27. The second kappa shape index (κ2) is 5.98. The Kier molecular flexibility index (Phi) is 4.04. The lowest BCUT2D eigenvalue weighted by molar-refractivity contribution is -0.121. The topological polar surface area (TPSA) is 61.4 Å². The number of amidine groups is 1. The molecule has 0 atom stereocenters. The van der Waals surface area contributed by atoms with Crippen LogP contribution in [0.5, 0.6) is 0 Å². The van der Waals surface area contributed by atoms with Crippen LogP contribution in [0.2, 0.25) is 5.02 Å². The number of carbonyl (C=O) groups excluding carboxylic acids is 1. The molecule has 1 amide bonds. The van der Waals surface area contributed by atoms with Gasteiger partial charge in [-0.1, -0.05) is 29.4 Å². The molecule has 1 aliphatic rings. The van der Waals surface area contributed by atoms with Crippen LogP contribution in [-0.2, 0) is 4.79 Å². The minimum absolute atomic E-state index is 0.129. The van der Waals surface area contributed by atoms with Gasteiger partial charge >= 0.3 is 0 Å². The summed E-state index contributed by atoms with van der Waals surface area (Å²) in [6, 6.07) is 1.81. The van der Waals surface area contributed by atoms with Gasteiger partial charge in [0.15, 0.2) is 5.17 Å². The van der Waals surface area contributed by atoms with E-state index in [0.29, 0.717) is 21.6 Å². The number of likely N-dealkylation sites (N-methyl/N-ethyl adjacent to an activating group) is 1. The minimum atomic E-state index is -0.129. The Hall–Kier alpha value is -2.05. The van der Waals surface area contributed by atoms with E-state index in [1.807, 2.05) is 6.07 Å². The quantitative estimate of drug-likeness (QED) is 0.693. The summed E-state index contributed by atoms with van der Waals surface area (Å²) in [5, 5.41) is 2.08. The Morgan fingerprint density at radius 3 is 3.14 bits per heavy atom. The van der Waals surface area contributed by atoms with Crippen molar-refractivity contribution in [3.05, 3.63) is 47.4 Å². The first-order valence-electron chi connectivity index (χ1n) is 6.55. The Balaban J connectivity index is 1.99. The molecule has 3 rings (SSSR count). The van der Waals surface area contributed by atoms with Gasteiger partial charge in [-0.2, -0.15) is 0 Å². The zero-order valence-electron chi connectivity index (χ0n) is 11.8. The predicted octanol–water partition coefficient (Wildman–Crippen LogP) is 3.30. The smallest absolute Gasteiger partial charge is 0.278 e. The highest BCUT2D eigenvalue weighted by Crippen LogP contribution is 2.26. The fourth-order valence-corrected chi connectivity index (χ4v) is 2.97. The Morgan fingerprint density at radius 2 is 2.36 bits per heavy atom. The lowest BCUT2D eigenvalue weighted by atomic mass is 10.2. The number of amides is 1. The molecule has 2 aromatic rings. The van der Waals surface area contributed by atoms with Crippen molar-refractivity contribution in [3.8, 4) is 0 Å². The van der Waals surface area contributed by atoms with Gasteiger partial charge in [0.2, 0.25) is 0 Å². The molecule has 0 saturated heterocycles. The van der Waals surface area contributed by atoms with Gasteiger partial charge in [-0.3, -0.25) is 9.69 Å². The Labute approximate surface area is 136 Å². The molecule has 0 aromatic carbocycles. The van der Waals surface area contributed by atoms with Gasteiger partial charge in [-0.25, -0.2) is 9.98 Å². The van der Waals surface area contributed by atoms with Crippen molar-refractivity contribution < 1.29 is 4.79 Å². The van der Waals surface area contributed by atoms with Gasteiger partial charge in [0.05, 0.1) is 5.02 Å². The highest BCUT2D eigenvalue weighted by molar-refractivity contribution is 8.14. The molecule has 0 spiro atoms. The number of halogens is 1. The van der Waals surface area contributed by atoms with E-state index < -0.39 is 0 Å². The van der Waals surface area contributed by atoms with Crippen molar-refractivity contribution in [3.63, 3.8) is 0 Å². The summed E-state index contributed by atoms with van der Waals surface area (Å²) in [4.78, 5) is 25.5. The average molecular weight is 333 g/mol. The number of hydrogen-bond acceptors (Lipinski definition) is 4. The van der Waals surface area contributed by atoms with Crippen molar-refractivity contribution in [2.45, 2.75) is 0 Å². The van der Waals surface area contributed by atoms with Crippen LogP contribution in [0.3, 0.4) is 0 Å². The van der Waals surface area contributed by atoms with Gasteiger partial charge < -0.3 is 4.98 Å². The molecule has 2 aromatic heterocycles. The maximum Gasteiger partial charge on any atom is 0.278 e. The second-order valence-corrected chi connectivity index (χ2v) is 6.11. The first-order valence-corrected chi connectivity index (χ1v) is 7.91. The summed E-state index contributed by atoms with van der Waals surface area (Å²) in [7, 11) is 1.71. The molecule has 0 radical (unpaired) electrons. The molecular weight excluding hydrogens is 320 g/mol. The number of pyridine rings is 1. The maximum absolute atomic E-state index is 12.3. The normalized spacial score (nSPS) is 16.6. The lowest BCUT2D eigenvalue weighted by Crippen LogP contribution is -2.25. The number of aliphatic imine (C=N–C) groups is 1. The van der Waals surface area contributed by atoms with E-state index in [4.69, 9.17) is 11.6 Å². The standard InChI is InChI=1S/C15H13ClN4OS/c1-3-4-22-15-19-12(14(21)20(15)2)5-9-7-17-13-11(9)6-10(16)8-18-13/h3,5-8H,1,4H2,2H3,(H,17,18)/b12-5-. The van der Waals surface area contributed by atoms with Crippen molar-refractivity contribution in [2.24, 2.45) is 4.99 Å². The SMILES string of the molecule is C=CCSC1=N/C(=C\c2c[nH]c3ncc(Cl)cc23)C(=O)N1C. The number of thioether (sulfide) groups is 1.